The van der Waals surface area contributed by atoms with Crippen molar-refractivity contribution in [2.75, 3.05) is 0 Å². The summed E-state index contributed by atoms with van der Waals surface area (Å²) in [6.07, 6.45) is 1.74. The van der Waals surface area contributed by atoms with Gasteiger partial charge in [-0.3, -0.25) is 9.59 Å². The van der Waals surface area contributed by atoms with Crippen molar-refractivity contribution in [2.45, 2.75) is 82.1 Å². The van der Waals surface area contributed by atoms with Crippen molar-refractivity contribution in [1.29, 1.82) is 0 Å². The van der Waals surface area contributed by atoms with E-state index in [4.69, 9.17) is 0 Å². The van der Waals surface area contributed by atoms with E-state index < -0.39 is 0 Å². The molecular weight excluding hydrogens is 260 g/mol. The molecule has 0 radical (unpaired) electrons. The lowest BCUT2D eigenvalue weighted by Crippen LogP contribution is -2.36. The molecule has 0 unspecified atom stereocenters. The molecule has 2 rings (SSSR count). The lowest BCUT2D eigenvalue weighted by atomic mass is 9.66. The van der Waals surface area contributed by atoms with Gasteiger partial charge in [0.05, 0.1) is 0 Å². The second-order valence-electron chi connectivity index (χ2n) is 5.53. The second-order valence-corrected chi connectivity index (χ2v) is 5.53. The zero-order chi connectivity index (χ0) is 17.4. The van der Waals surface area contributed by atoms with E-state index in [9.17, 15) is 9.59 Å². The van der Waals surface area contributed by atoms with Crippen LogP contribution < -0.4 is 0 Å². The standard InChI is InChI=1S/C8H12O.C7H10O.2C2H6/c1-5-6(2)8(3,4)7(5)9;1-5-3-4-7(8)6(5)2;2*1-2/h1-4H3;3-4H2,1-2H3;2*1-2H3. The molecule has 2 heteroatoms. The van der Waals surface area contributed by atoms with Crippen LogP contribution in [0.1, 0.15) is 82.1 Å². The van der Waals surface area contributed by atoms with E-state index in [2.05, 4.69) is 0 Å². The Balaban J connectivity index is 0. The Bertz CT molecular complexity index is 434. The van der Waals surface area contributed by atoms with Crippen LogP contribution in [-0.4, -0.2) is 11.6 Å². The molecule has 0 saturated heterocycles. The maximum Gasteiger partial charge on any atom is 0.168 e. The van der Waals surface area contributed by atoms with E-state index in [1.807, 2.05) is 69.2 Å². The van der Waals surface area contributed by atoms with Crippen molar-refractivity contribution < 1.29 is 9.59 Å². The molecule has 122 valence electrons. The first kappa shape index (κ1) is 22.1. The maximum absolute atomic E-state index is 11.0. The largest absolute Gasteiger partial charge is 0.295 e. The highest BCUT2D eigenvalue weighted by Gasteiger charge is 2.40. The number of hydrogen-bond donors (Lipinski definition) is 0. The van der Waals surface area contributed by atoms with Gasteiger partial charge in [0.15, 0.2) is 11.6 Å². The van der Waals surface area contributed by atoms with Crippen LogP contribution in [0.15, 0.2) is 22.3 Å². The number of carbonyl (C=O) groups excluding carboxylic acids is 2. The molecule has 0 atom stereocenters. The summed E-state index contributed by atoms with van der Waals surface area (Å²) in [5.41, 5.74) is 4.32. The predicted molar refractivity (Wildman–Crippen MR) is 92.5 cm³/mol. The lowest BCUT2D eigenvalue weighted by Gasteiger charge is -2.35. The Morgan fingerprint density at radius 1 is 0.762 bits per heavy atom. The molecule has 0 N–H and O–H groups in total. The van der Waals surface area contributed by atoms with Gasteiger partial charge in [-0.1, -0.05) is 38.8 Å². The highest BCUT2D eigenvalue weighted by Crippen LogP contribution is 2.41. The smallest absolute Gasteiger partial charge is 0.168 e. The van der Waals surface area contributed by atoms with Gasteiger partial charge in [0, 0.05) is 11.8 Å². The van der Waals surface area contributed by atoms with Gasteiger partial charge in [-0.25, -0.2) is 0 Å². The second kappa shape index (κ2) is 9.70. The van der Waals surface area contributed by atoms with E-state index in [0.29, 0.717) is 11.6 Å². The van der Waals surface area contributed by atoms with Crippen LogP contribution in [0.4, 0.5) is 0 Å². The molecule has 0 aliphatic heterocycles. The number of rotatable bonds is 0. The molecule has 0 bridgehead atoms. The average molecular weight is 294 g/mol. The van der Waals surface area contributed by atoms with E-state index >= 15 is 0 Å². The van der Waals surface area contributed by atoms with Crippen LogP contribution in [-0.2, 0) is 9.59 Å². The van der Waals surface area contributed by atoms with Crippen LogP contribution in [0, 0.1) is 5.41 Å². The minimum Gasteiger partial charge on any atom is -0.295 e. The minimum absolute atomic E-state index is 0.149. The van der Waals surface area contributed by atoms with Crippen molar-refractivity contribution in [3.05, 3.63) is 22.3 Å². The van der Waals surface area contributed by atoms with Gasteiger partial charge in [-0.15, -0.1) is 0 Å². The first-order chi connectivity index (χ1) is 9.69. The summed E-state index contributed by atoms with van der Waals surface area (Å²) in [5.74, 6) is 0.641. The molecular formula is C19H34O2. The third-order valence-electron chi connectivity index (χ3n) is 4.19. The van der Waals surface area contributed by atoms with E-state index in [1.165, 1.54) is 11.1 Å². The fraction of sp³-hybridized carbons (Fsp3) is 0.684. The van der Waals surface area contributed by atoms with Crippen molar-refractivity contribution in [1.82, 2.24) is 0 Å². The summed E-state index contributed by atoms with van der Waals surface area (Å²) < 4.78 is 0. The fourth-order valence-corrected chi connectivity index (χ4v) is 2.13. The average Bonchev–Trinajstić information content (AvgIpc) is 2.81. The van der Waals surface area contributed by atoms with Crippen LogP contribution in [0.2, 0.25) is 0 Å². The van der Waals surface area contributed by atoms with Crippen molar-refractivity contribution in [2.24, 2.45) is 5.41 Å². The van der Waals surface area contributed by atoms with Gasteiger partial charge in [-0.2, -0.15) is 0 Å². The molecule has 0 aromatic heterocycles. The number of ketones is 2. The molecule has 0 saturated carbocycles. The van der Waals surface area contributed by atoms with Crippen LogP contribution in [0.25, 0.3) is 0 Å². The van der Waals surface area contributed by atoms with Gasteiger partial charge in [0.1, 0.15) is 0 Å². The topological polar surface area (TPSA) is 34.1 Å². The zero-order valence-electron chi connectivity index (χ0n) is 15.7. The molecule has 2 aliphatic rings. The number of carbonyl (C=O) groups is 2. The summed E-state index contributed by atoms with van der Waals surface area (Å²) in [6, 6.07) is 0. The Labute approximate surface area is 131 Å². The minimum atomic E-state index is -0.149. The number of allylic oxidation sites excluding steroid dienone is 4. The summed E-state index contributed by atoms with van der Waals surface area (Å²) in [7, 11) is 0. The molecule has 0 heterocycles. The van der Waals surface area contributed by atoms with Crippen LogP contribution in [0.3, 0.4) is 0 Å². The monoisotopic (exact) mass is 294 g/mol. The molecule has 0 spiro atoms. The highest BCUT2D eigenvalue weighted by atomic mass is 16.1. The Kier molecular flexibility index (Phi) is 10.2. The van der Waals surface area contributed by atoms with Crippen molar-refractivity contribution >= 4 is 11.6 Å². The van der Waals surface area contributed by atoms with E-state index in [1.54, 1.807) is 0 Å². The van der Waals surface area contributed by atoms with Crippen molar-refractivity contribution in [3.8, 4) is 0 Å². The van der Waals surface area contributed by atoms with Gasteiger partial charge in [-0.05, 0) is 59.1 Å². The third-order valence-corrected chi connectivity index (χ3v) is 4.19. The number of hydrogen-bond acceptors (Lipinski definition) is 2. The fourth-order valence-electron chi connectivity index (χ4n) is 2.13. The normalized spacial score (nSPS) is 18.8. The summed E-state index contributed by atoms with van der Waals surface area (Å²) in [4.78, 5) is 21.8. The first-order valence-electron chi connectivity index (χ1n) is 8.12. The predicted octanol–water partition coefficient (Wildman–Crippen LogP) is 5.67. The molecule has 2 aliphatic carbocycles. The summed E-state index contributed by atoms with van der Waals surface area (Å²) >= 11 is 0. The summed E-state index contributed by atoms with van der Waals surface area (Å²) in [6.45, 7) is 19.8. The van der Waals surface area contributed by atoms with Crippen molar-refractivity contribution in [3.63, 3.8) is 0 Å². The van der Waals surface area contributed by atoms with Crippen LogP contribution >= 0.6 is 0 Å². The Hall–Kier alpha value is -1.18. The Morgan fingerprint density at radius 3 is 1.29 bits per heavy atom. The molecule has 0 aromatic rings. The van der Waals surface area contributed by atoms with E-state index in [-0.39, 0.29) is 5.41 Å². The molecule has 0 aromatic carbocycles. The first-order valence-corrected chi connectivity index (χ1v) is 8.12. The third kappa shape index (κ3) is 5.26. The van der Waals surface area contributed by atoms with Gasteiger partial charge >= 0.3 is 0 Å². The SMILES string of the molecule is CC.CC.CC1=C(C)C(=O)CC1.CC1=C(C)C(C)(C)C1=O. The van der Waals surface area contributed by atoms with Gasteiger partial charge in [0.2, 0.25) is 0 Å². The molecule has 0 fully saturated rings. The zero-order valence-corrected chi connectivity index (χ0v) is 15.7. The highest BCUT2D eigenvalue weighted by molar-refractivity contribution is 6.08. The van der Waals surface area contributed by atoms with Gasteiger partial charge < -0.3 is 0 Å². The summed E-state index contributed by atoms with van der Waals surface area (Å²) in [5, 5.41) is 0. The Morgan fingerprint density at radius 2 is 1.19 bits per heavy atom. The molecule has 21 heavy (non-hydrogen) atoms. The number of Topliss-reactive ketones (excluding diaryl/α,β-unsaturated/α-hetero) is 2. The van der Waals surface area contributed by atoms with Crippen LogP contribution in [0.5, 0.6) is 0 Å². The molecule has 2 nitrogen and oxygen atoms in total. The quantitative estimate of drug-likeness (QED) is 0.577. The lowest BCUT2D eigenvalue weighted by molar-refractivity contribution is -0.124. The maximum atomic E-state index is 11.0. The van der Waals surface area contributed by atoms with E-state index in [0.717, 1.165) is 24.0 Å². The van der Waals surface area contributed by atoms with Gasteiger partial charge in [0.25, 0.3) is 0 Å². The molecule has 0 amide bonds.